The number of halogens is 2. The maximum absolute atomic E-state index is 13.7. The van der Waals surface area contributed by atoms with E-state index in [1.807, 2.05) is 13.8 Å². The molecule has 0 nitrogen and oxygen atoms in total. The fourth-order valence-electron chi connectivity index (χ4n) is 1.32. The Kier molecular flexibility index (Phi) is 5.61. The standard InChI is InChI=1S/C10H20F2Si2/c1-5-7-13(3,11)9-10-14(4,12)8-6-2/h5-8H2,1-4H3. The molecule has 14 heavy (non-hydrogen) atoms. The summed E-state index contributed by atoms with van der Waals surface area (Å²) in [6.07, 6.45) is 1.60. The summed E-state index contributed by atoms with van der Waals surface area (Å²) in [5, 5.41) is 0. The largest absolute Gasteiger partial charge is 0.319 e. The van der Waals surface area contributed by atoms with Crippen LogP contribution in [0.2, 0.25) is 25.2 Å². The van der Waals surface area contributed by atoms with Gasteiger partial charge in [-0.25, -0.2) is 0 Å². The highest BCUT2D eigenvalue weighted by atomic mass is 28.4. The van der Waals surface area contributed by atoms with E-state index in [1.54, 1.807) is 13.1 Å². The molecule has 0 aromatic carbocycles. The van der Waals surface area contributed by atoms with Crippen molar-refractivity contribution in [1.82, 2.24) is 0 Å². The maximum Gasteiger partial charge on any atom is 0.319 e. The van der Waals surface area contributed by atoms with E-state index in [2.05, 4.69) is 11.1 Å². The van der Waals surface area contributed by atoms with Gasteiger partial charge >= 0.3 is 16.8 Å². The molecule has 2 unspecified atom stereocenters. The van der Waals surface area contributed by atoms with E-state index in [1.165, 1.54) is 0 Å². The van der Waals surface area contributed by atoms with Gasteiger partial charge < -0.3 is 0 Å². The SMILES string of the molecule is CCC[Si](C)(F)C#C[Si](C)(F)CCC. The Bertz CT molecular complexity index is 204. The van der Waals surface area contributed by atoms with Gasteiger partial charge in [-0.1, -0.05) is 37.8 Å². The minimum absolute atomic E-state index is 0.524. The first kappa shape index (κ1) is 13.9. The zero-order chi connectivity index (χ0) is 11.2. The highest BCUT2D eigenvalue weighted by Crippen LogP contribution is 2.15. The predicted molar refractivity (Wildman–Crippen MR) is 63.4 cm³/mol. The average molecular weight is 234 g/mol. The molecule has 0 spiro atoms. The molecule has 82 valence electrons. The molecule has 2 atom stereocenters. The molecule has 4 heteroatoms. The van der Waals surface area contributed by atoms with Crippen molar-refractivity contribution in [2.45, 2.75) is 51.9 Å². The summed E-state index contributed by atoms with van der Waals surface area (Å²) in [6, 6.07) is 1.05. The number of hydrogen-bond acceptors (Lipinski definition) is 0. The summed E-state index contributed by atoms with van der Waals surface area (Å²) in [6.45, 7) is 7.01. The van der Waals surface area contributed by atoms with Crippen LogP contribution in [0.3, 0.4) is 0 Å². The lowest BCUT2D eigenvalue weighted by Gasteiger charge is -2.10. The van der Waals surface area contributed by atoms with E-state index in [0.717, 1.165) is 12.8 Å². The van der Waals surface area contributed by atoms with Crippen LogP contribution in [0, 0.1) is 11.1 Å². The minimum atomic E-state index is -2.91. The van der Waals surface area contributed by atoms with E-state index >= 15 is 0 Å². The van der Waals surface area contributed by atoms with Gasteiger partial charge in [0.1, 0.15) is 0 Å². The number of hydrogen-bond donors (Lipinski definition) is 0. The Morgan fingerprint density at radius 3 is 1.36 bits per heavy atom. The Balaban J connectivity index is 4.39. The van der Waals surface area contributed by atoms with Crippen LogP contribution >= 0.6 is 0 Å². The first-order chi connectivity index (χ1) is 6.33. The molecule has 0 fully saturated rings. The van der Waals surface area contributed by atoms with Crippen molar-refractivity contribution in [2.75, 3.05) is 0 Å². The fourth-order valence-corrected chi connectivity index (χ4v) is 5.54. The predicted octanol–water partition coefficient (Wildman–Crippen LogP) is 3.98. The van der Waals surface area contributed by atoms with Gasteiger partial charge in [-0.2, -0.15) is 0 Å². The third kappa shape index (κ3) is 6.33. The Morgan fingerprint density at radius 1 is 0.857 bits per heavy atom. The second-order valence-corrected chi connectivity index (χ2v) is 10.4. The van der Waals surface area contributed by atoms with Gasteiger partial charge in [-0.3, -0.25) is 8.22 Å². The van der Waals surface area contributed by atoms with Crippen LogP contribution in [0.25, 0.3) is 0 Å². The molecule has 0 radical (unpaired) electrons. The molecule has 0 amide bonds. The molecule has 0 N–H and O–H groups in total. The van der Waals surface area contributed by atoms with Gasteiger partial charge in [-0.05, 0) is 25.2 Å². The van der Waals surface area contributed by atoms with Gasteiger partial charge in [0.25, 0.3) is 0 Å². The molecular weight excluding hydrogens is 214 g/mol. The quantitative estimate of drug-likeness (QED) is 0.392. The van der Waals surface area contributed by atoms with E-state index in [-0.39, 0.29) is 0 Å². The van der Waals surface area contributed by atoms with Crippen LogP contribution in [-0.2, 0) is 0 Å². The highest BCUT2D eigenvalue weighted by molar-refractivity contribution is 6.85. The van der Waals surface area contributed by atoms with Crippen LogP contribution < -0.4 is 0 Å². The summed E-state index contributed by atoms with van der Waals surface area (Å²) in [4.78, 5) is 0. The van der Waals surface area contributed by atoms with E-state index in [9.17, 15) is 8.22 Å². The molecule has 0 aromatic heterocycles. The third-order valence-corrected chi connectivity index (χ3v) is 6.44. The molecule has 0 aliphatic heterocycles. The number of rotatable bonds is 4. The summed E-state index contributed by atoms with van der Waals surface area (Å²) in [5.41, 5.74) is 5.19. The van der Waals surface area contributed by atoms with Crippen LogP contribution in [-0.4, -0.2) is 16.8 Å². The van der Waals surface area contributed by atoms with Crippen molar-refractivity contribution in [3.63, 3.8) is 0 Å². The topological polar surface area (TPSA) is 0 Å². The first-order valence-corrected chi connectivity index (χ1v) is 10.4. The maximum atomic E-state index is 13.7. The van der Waals surface area contributed by atoms with Crippen LogP contribution in [0.4, 0.5) is 8.22 Å². The van der Waals surface area contributed by atoms with Crippen LogP contribution in [0.5, 0.6) is 0 Å². The normalized spacial score (nSPS) is 19.0. The van der Waals surface area contributed by atoms with Gasteiger partial charge in [0.15, 0.2) is 0 Å². The van der Waals surface area contributed by atoms with Gasteiger partial charge in [0.05, 0.1) is 0 Å². The first-order valence-electron chi connectivity index (χ1n) is 5.25. The zero-order valence-electron chi connectivity index (χ0n) is 9.58. The molecular formula is C10H20F2Si2. The average Bonchev–Trinajstić information content (AvgIpc) is 2.01. The lowest BCUT2D eigenvalue weighted by molar-refractivity contribution is 0.783. The summed E-state index contributed by atoms with van der Waals surface area (Å²) >= 11 is 0. The molecule has 0 aliphatic carbocycles. The zero-order valence-corrected chi connectivity index (χ0v) is 11.6. The van der Waals surface area contributed by atoms with Gasteiger partial charge in [-0.15, -0.1) is 0 Å². The second kappa shape index (κ2) is 5.67. The molecule has 0 heterocycles. The minimum Gasteiger partial charge on any atom is -0.298 e. The smallest absolute Gasteiger partial charge is 0.298 e. The van der Waals surface area contributed by atoms with Crippen LogP contribution in [0.1, 0.15) is 26.7 Å². The van der Waals surface area contributed by atoms with E-state index < -0.39 is 16.8 Å². The lowest BCUT2D eigenvalue weighted by Crippen LogP contribution is -2.26. The Hall–Kier alpha value is -0.146. The van der Waals surface area contributed by atoms with Crippen molar-refractivity contribution >= 4 is 16.8 Å². The highest BCUT2D eigenvalue weighted by Gasteiger charge is 2.28. The van der Waals surface area contributed by atoms with Crippen molar-refractivity contribution in [1.29, 1.82) is 0 Å². The Labute approximate surface area is 88.5 Å². The van der Waals surface area contributed by atoms with E-state index in [0.29, 0.717) is 12.1 Å². The van der Waals surface area contributed by atoms with Crippen molar-refractivity contribution in [3.05, 3.63) is 0 Å². The van der Waals surface area contributed by atoms with Crippen molar-refractivity contribution in [3.8, 4) is 11.1 Å². The summed E-state index contributed by atoms with van der Waals surface area (Å²) in [5.74, 6) is 0. The third-order valence-electron chi connectivity index (χ3n) is 2.02. The van der Waals surface area contributed by atoms with Gasteiger partial charge in [0.2, 0.25) is 0 Å². The van der Waals surface area contributed by atoms with Crippen molar-refractivity contribution in [2.24, 2.45) is 0 Å². The Morgan fingerprint density at radius 2 is 1.14 bits per heavy atom. The van der Waals surface area contributed by atoms with Crippen LogP contribution in [0.15, 0.2) is 0 Å². The summed E-state index contributed by atoms with van der Waals surface area (Å²) < 4.78 is 27.4. The van der Waals surface area contributed by atoms with Gasteiger partial charge in [0, 0.05) is 0 Å². The molecule has 0 rings (SSSR count). The lowest BCUT2D eigenvalue weighted by atomic mass is 10.6. The molecule has 0 saturated heterocycles. The second-order valence-electron chi connectivity index (χ2n) is 4.14. The van der Waals surface area contributed by atoms with Crippen molar-refractivity contribution < 1.29 is 8.22 Å². The molecule has 0 aliphatic rings. The molecule has 0 saturated carbocycles. The molecule has 0 aromatic rings. The summed E-state index contributed by atoms with van der Waals surface area (Å²) in [7, 11) is -5.82. The fraction of sp³-hybridized carbons (Fsp3) is 0.800. The monoisotopic (exact) mass is 234 g/mol. The van der Waals surface area contributed by atoms with E-state index in [4.69, 9.17) is 0 Å². The molecule has 0 bridgehead atoms.